The van der Waals surface area contributed by atoms with Crippen LogP contribution in [0, 0.1) is 5.92 Å². The van der Waals surface area contributed by atoms with Crippen LogP contribution in [0.1, 0.15) is 32.9 Å². The highest BCUT2D eigenvalue weighted by Crippen LogP contribution is 2.09. The number of hydrogen-bond acceptors (Lipinski definition) is 2. The smallest absolute Gasteiger partial charge is 0.0404 e. The van der Waals surface area contributed by atoms with Crippen molar-refractivity contribution in [2.75, 3.05) is 6.54 Å². The second-order valence-electron chi connectivity index (χ2n) is 4.27. The van der Waals surface area contributed by atoms with Gasteiger partial charge in [-0.25, -0.2) is 0 Å². The van der Waals surface area contributed by atoms with Crippen molar-refractivity contribution in [3.05, 3.63) is 30.1 Å². The van der Waals surface area contributed by atoms with Crippen molar-refractivity contribution in [1.29, 1.82) is 0 Å². The number of rotatable bonds is 6. The van der Waals surface area contributed by atoms with E-state index in [1.165, 1.54) is 12.1 Å². The Morgan fingerprint density at radius 3 is 2.67 bits per heavy atom. The average Bonchev–Trinajstić information content (AvgIpc) is 2.25. The summed E-state index contributed by atoms with van der Waals surface area (Å²) >= 11 is 0. The third kappa shape index (κ3) is 4.43. The Kier molecular flexibility index (Phi) is 5.33. The van der Waals surface area contributed by atoms with Gasteiger partial charge in [0.05, 0.1) is 0 Å². The zero-order chi connectivity index (χ0) is 11.1. The fourth-order valence-corrected chi connectivity index (χ4v) is 1.78. The van der Waals surface area contributed by atoms with E-state index in [9.17, 15) is 0 Å². The molecule has 0 aliphatic carbocycles. The van der Waals surface area contributed by atoms with Crippen molar-refractivity contribution >= 4 is 0 Å². The maximum Gasteiger partial charge on any atom is 0.0404 e. The molecule has 0 radical (unpaired) electrons. The summed E-state index contributed by atoms with van der Waals surface area (Å²) < 4.78 is 0. The topological polar surface area (TPSA) is 24.9 Å². The van der Waals surface area contributed by atoms with E-state index in [1.54, 1.807) is 0 Å². The van der Waals surface area contributed by atoms with Crippen LogP contribution in [0.15, 0.2) is 24.4 Å². The van der Waals surface area contributed by atoms with Crippen LogP contribution in [-0.2, 0) is 6.42 Å². The summed E-state index contributed by atoms with van der Waals surface area (Å²) in [5.74, 6) is 0.689. The molecule has 2 nitrogen and oxygen atoms in total. The first-order valence-electron chi connectivity index (χ1n) is 5.87. The van der Waals surface area contributed by atoms with E-state index >= 15 is 0 Å². The Morgan fingerprint density at radius 1 is 1.33 bits per heavy atom. The SMILES string of the molecule is CCNC(CCc1ccccn1)C(C)C. The molecule has 15 heavy (non-hydrogen) atoms. The number of nitrogens with zero attached hydrogens (tertiary/aromatic N) is 1. The van der Waals surface area contributed by atoms with Crippen molar-refractivity contribution in [1.82, 2.24) is 10.3 Å². The molecular formula is C13H22N2. The van der Waals surface area contributed by atoms with E-state index < -0.39 is 0 Å². The maximum atomic E-state index is 4.34. The molecule has 0 bridgehead atoms. The lowest BCUT2D eigenvalue weighted by molar-refractivity contribution is 0.384. The highest BCUT2D eigenvalue weighted by atomic mass is 14.9. The number of aryl methyl sites for hydroxylation is 1. The van der Waals surface area contributed by atoms with Crippen LogP contribution in [-0.4, -0.2) is 17.6 Å². The van der Waals surface area contributed by atoms with Gasteiger partial charge in [-0.15, -0.1) is 0 Å². The molecule has 0 saturated heterocycles. The first-order valence-corrected chi connectivity index (χ1v) is 5.87. The van der Waals surface area contributed by atoms with Crippen LogP contribution < -0.4 is 5.32 Å². The van der Waals surface area contributed by atoms with Crippen molar-refractivity contribution in [2.24, 2.45) is 5.92 Å². The predicted octanol–water partition coefficient (Wildman–Crippen LogP) is 2.65. The highest BCUT2D eigenvalue weighted by Gasteiger charge is 2.11. The molecule has 1 rings (SSSR count). The van der Waals surface area contributed by atoms with Crippen LogP contribution in [0.5, 0.6) is 0 Å². The molecular weight excluding hydrogens is 184 g/mol. The number of pyridine rings is 1. The summed E-state index contributed by atoms with van der Waals surface area (Å²) in [6.45, 7) is 7.75. The van der Waals surface area contributed by atoms with Crippen LogP contribution in [0.3, 0.4) is 0 Å². The Balaban J connectivity index is 2.40. The third-order valence-corrected chi connectivity index (χ3v) is 2.71. The van der Waals surface area contributed by atoms with E-state index in [0.29, 0.717) is 12.0 Å². The molecule has 1 N–H and O–H groups in total. The van der Waals surface area contributed by atoms with Gasteiger partial charge in [0.2, 0.25) is 0 Å². The Morgan fingerprint density at radius 2 is 2.13 bits per heavy atom. The van der Waals surface area contributed by atoms with Crippen molar-refractivity contribution in [3.8, 4) is 0 Å². The van der Waals surface area contributed by atoms with Crippen LogP contribution in [0.2, 0.25) is 0 Å². The fraction of sp³-hybridized carbons (Fsp3) is 0.615. The molecule has 0 amide bonds. The van der Waals surface area contributed by atoms with Gasteiger partial charge in [-0.1, -0.05) is 26.8 Å². The molecule has 84 valence electrons. The number of aromatic nitrogens is 1. The van der Waals surface area contributed by atoms with Gasteiger partial charge < -0.3 is 5.32 Å². The first-order chi connectivity index (χ1) is 7.24. The van der Waals surface area contributed by atoms with E-state index in [-0.39, 0.29) is 0 Å². The molecule has 1 unspecified atom stereocenters. The lowest BCUT2D eigenvalue weighted by atomic mass is 9.98. The molecule has 0 fully saturated rings. The van der Waals surface area contributed by atoms with Crippen LogP contribution in [0.25, 0.3) is 0 Å². The zero-order valence-electron chi connectivity index (χ0n) is 10.0. The lowest BCUT2D eigenvalue weighted by Gasteiger charge is -2.21. The normalized spacial score (nSPS) is 13.1. The van der Waals surface area contributed by atoms with Gasteiger partial charge in [-0.05, 0) is 37.4 Å². The summed E-state index contributed by atoms with van der Waals surface area (Å²) in [4.78, 5) is 4.34. The molecule has 0 aliphatic heterocycles. The van der Waals surface area contributed by atoms with Crippen LogP contribution in [0.4, 0.5) is 0 Å². The molecule has 1 aromatic heterocycles. The minimum Gasteiger partial charge on any atom is -0.314 e. The minimum absolute atomic E-state index is 0.608. The fourth-order valence-electron chi connectivity index (χ4n) is 1.78. The van der Waals surface area contributed by atoms with Gasteiger partial charge in [-0.3, -0.25) is 4.98 Å². The second kappa shape index (κ2) is 6.57. The Labute approximate surface area is 93.1 Å². The van der Waals surface area contributed by atoms with E-state index in [2.05, 4.69) is 43.2 Å². The molecule has 1 heterocycles. The molecule has 0 spiro atoms. The van der Waals surface area contributed by atoms with E-state index in [1.807, 2.05) is 12.3 Å². The summed E-state index contributed by atoms with van der Waals surface area (Å²) in [6.07, 6.45) is 4.10. The molecule has 2 heteroatoms. The molecule has 1 atom stereocenters. The Bertz CT molecular complexity index is 256. The van der Waals surface area contributed by atoms with Crippen molar-refractivity contribution < 1.29 is 0 Å². The maximum absolute atomic E-state index is 4.34. The average molecular weight is 206 g/mol. The summed E-state index contributed by atoms with van der Waals surface area (Å²) in [5, 5.41) is 3.52. The van der Waals surface area contributed by atoms with Gasteiger partial charge >= 0.3 is 0 Å². The standard InChI is InChI=1S/C13H22N2/c1-4-14-13(11(2)3)9-8-12-7-5-6-10-15-12/h5-7,10-11,13-14H,4,8-9H2,1-3H3. The predicted molar refractivity (Wildman–Crippen MR) is 64.9 cm³/mol. The third-order valence-electron chi connectivity index (χ3n) is 2.71. The van der Waals surface area contributed by atoms with Gasteiger partial charge in [0.1, 0.15) is 0 Å². The second-order valence-corrected chi connectivity index (χ2v) is 4.27. The minimum atomic E-state index is 0.608. The van der Waals surface area contributed by atoms with Crippen molar-refractivity contribution in [2.45, 2.75) is 39.7 Å². The summed E-state index contributed by atoms with van der Waals surface area (Å²) in [6, 6.07) is 6.73. The van der Waals surface area contributed by atoms with E-state index in [0.717, 1.165) is 13.0 Å². The van der Waals surface area contributed by atoms with Gasteiger partial charge in [0.15, 0.2) is 0 Å². The van der Waals surface area contributed by atoms with Crippen LogP contribution >= 0.6 is 0 Å². The molecule has 0 aromatic carbocycles. The molecule has 0 aliphatic rings. The monoisotopic (exact) mass is 206 g/mol. The van der Waals surface area contributed by atoms with Crippen molar-refractivity contribution in [3.63, 3.8) is 0 Å². The molecule has 0 saturated carbocycles. The van der Waals surface area contributed by atoms with Gasteiger partial charge in [0.25, 0.3) is 0 Å². The highest BCUT2D eigenvalue weighted by molar-refractivity contribution is 5.03. The molecule has 1 aromatic rings. The number of hydrogen-bond donors (Lipinski definition) is 1. The van der Waals surface area contributed by atoms with Gasteiger partial charge in [-0.2, -0.15) is 0 Å². The number of nitrogens with one attached hydrogen (secondary N) is 1. The first kappa shape index (κ1) is 12.2. The zero-order valence-corrected chi connectivity index (χ0v) is 10.0. The quantitative estimate of drug-likeness (QED) is 0.774. The van der Waals surface area contributed by atoms with Gasteiger partial charge in [0, 0.05) is 17.9 Å². The van der Waals surface area contributed by atoms with E-state index in [4.69, 9.17) is 0 Å². The summed E-state index contributed by atoms with van der Waals surface area (Å²) in [5.41, 5.74) is 1.20. The lowest BCUT2D eigenvalue weighted by Crippen LogP contribution is -2.34. The largest absolute Gasteiger partial charge is 0.314 e. The Hall–Kier alpha value is -0.890. The summed E-state index contributed by atoms with van der Waals surface area (Å²) in [7, 11) is 0.